The van der Waals surface area contributed by atoms with Crippen LogP contribution in [0.25, 0.3) is 0 Å². The molecule has 8 heteroatoms. The largest absolute Gasteiger partial charge is 0.573 e. The van der Waals surface area contributed by atoms with E-state index in [1.54, 1.807) is 0 Å². The van der Waals surface area contributed by atoms with Gasteiger partial charge in [-0.05, 0) is 42.3 Å². The summed E-state index contributed by atoms with van der Waals surface area (Å²) >= 11 is 0. The van der Waals surface area contributed by atoms with Gasteiger partial charge in [0.05, 0.1) is 6.61 Å². The van der Waals surface area contributed by atoms with Gasteiger partial charge < -0.3 is 20.5 Å². The van der Waals surface area contributed by atoms with Crippen LogP contribution in [-0.2, 0) is 0 Å². The van der Waals surface area contributed by atoms with E-state index in [0.29, 0.717) is 18.8 Å². The molecular weight excluding hydrogens is 347 g/mol. The maximum Gasteiger partial charge on any atom is 0.573 e. The number of anilines is 1. The average Bonchev–Trinajstić information content (AvgIpc) is 2.60. The summed E-state index contributed by atoms with van der Waals surface area (Å²) < 4.78 is 45.9. The predicted molar refractivity (Wildman–Crippen MR) is 92.5 cm³/mol. The van der Waals surface area contributed by atoms with E-state index in [1.165, 1.54) is 24.3 Å². The van der Waals surface area contributed by atoms with Gasteiger partial charge in [0, 0.05) is 18.2 Å². The van der Waals surface area contributed by atoms with E-state index in [9.17, 15) is 13.2 Å². The van der Waals surface area contributed by atoms with Gasteiger partial charge in [-0.25, -0.2) is 0 Å². The van der Waals surface area contributed by atoms with Crippen molar-refractivity contribution in [2.24, 2.45) is 10.7 Å². The van der Waals surface area contributed by atoms with Crippen LogP contribution in [0.4, 0.5) is 18.9 Å². The van der Waals surface area contributed by atoms with Gasteiger partial charge in [0.2, 0.25) is 0 Å². The molecule has 26 heavy (non-hydrogen) atoms. The van der Waals surface area contributed by atoms with Crippen LogP contribution in [0.5, 0.6) is 11.5 Å². The summed E-state index contributed by atoms with van der Waals surface area (Å²) in [4.78, 5) is 4.34. The Morgan fingerprint density at radius 3 is 2.65 bits per heavy atom. The van der Waals surface area contributed by atoms with E-state index in [0.717, 1.165) is 17.7 Å². The highest BCUT2D eigenvalue weighted by Gasteiger charge is 2.30. The number of hydrogen-bond donors (Lipinski definition) is 2. The second-order valence-corrected chi connectivity index (χ2v) is 5.79. The molecule has 0 aliphatic carbocycles. The normalized spacial score (nSPS) is 17.2. The van der Waals surface area contributed by atoms with E-state index in [4.69, 9.17) is 10.5 Å². The summed E-state index contributed by atoms with van der Waals surface area (Å²) in [6.07, 6.45) is -3.87. The predicted octanol–water partition coefficient (Wildman–Crippen LogP) is 3.88. The zero-order chi connectivity index (χ0) is 18.6. The maximum atomic E-state index is 12.1. The summed E-state index contributed by atoms with van der Waals surface area (Å²) in [6, 6.07) is 13.1. The zero-order valence-corrected chi connectivity index (χ0v) is 13.8. The lowest BCUT2D eigenvalue weighted by Crippen LogP contribution is -2.24. The van der Waals surface area contributed by atoms with Crippen molar-refractivity contribution < 1.29 is 22.6 Å². The molecule has 3 rings (SSSR count). The number of halogens is 3. The molecule has 0 radical (unpaired) electrons. The first-order valence-electron chi connectivity index (χ1n) is 8.05. The summed E-state index contributed by atoms with van der Waals surface area (Å²) in [5, 5.41) is 2.86. The Labute approximate surface area is 148 Å². The Balaban J connectivity index is 1.59. The summed E-state index contributed by atoms with van der Waals surface area (Å²) in [5.41, 5.74) is 7.50. The van der Waals surface area contributed by atoms with Crippen LogP contribution in [0.3, 0.4) is 0 Å². The summed E-state index contributed by atoms with van der Waals surface area (Å²) in [6.45, 7) is 1.12. The molecule has 1 unspecified atom stereocenters. The second-order valence-electron chi connectivity index (χ2n) is 5.79. The molecule has 0 fully saturated rings. The van der Waals surface area contributed by atoms with Crippen molar-refractivity contribution in [2.45, 2.75) is 18.7 Å². The van der Waals surface area contributed by atoms with Crippen molar-refractivity contribution in [1.82, 2.24) is 0 Å². The average molecular weight is 365 g/mol. The van der Waals surface area contributed by atoms with E-state index >= 15 is 0 Å². The minimum atomic E-state index is -4.71. The van der Waals surface area contributed by atoms with Crippen molar-refractivity contribution in [3.8, 4) is 11.5 Å². The molecule has 2 aromatic carbocycles. The van der Waals surface area contributed by atoms with Gasteiger partial charge in [0.15, 0.2) is 5.96 Å². The highest BCUT2D eigenvalue weighted by Crippen LogP contribution is 2.33. The molecule has 0 aromatic heterocycles. The van der Waals surface area contributed by atoms with Crippen molar-refractivity contribution in [3.63, 3.8) is 0 Å². The van der Waals surface area contributed by atoms with E-state index in [-0.39, 0.29) is 17.6 Å². The van der Waals surface area contributed by atoms with Crippen LogP contribution < -0.4 is 20.5 Å². The number of fused-ring (bicyclic) bond motifs is 1. The lowest BCUT2D eigenvalue weighted by atomic mass is 9.93. The third kappa shape index (κ3) is 4.81. The smallest absolute Gasteiger partial charge is 0.493 e. The van der Waals surface area contributed by atoms with Gasteiger partial charge in [-0.1, -0.05) is 18.2 Å². The quantitative estimate of drug-likeness (QED) is 0.637. The van der Waals surface area contributed by atoms with Gasteiger partial charge in [-0.2, -0.15) is 0 Å². The maximum absolute atomic E-state index is 12.1. The van der Waals surface area contributed by atoms with Crippen LogP contribution in [0.15, 0.2) is 53.5 Å². The zero-order valence-electron chi connectivity index (χ0n) is 13.8. The lowest BCUT2D eigenvalue weighted by Gasteiger charge is -2.24. The number of hydrogen-bond acceptors (Lipinski definition) is 3. The first-order chi connectivity index (χ1) is 12.4. The molecule has 138 valence electrons. The number of nitrogens with zero attached hydrogens (tertiary/aromatic N) is 1. The molecular formula is C18H18F3N3O2. The van der Waals surface area contributed by atoms with Crippen molar-refractivity contribution in [3.05, 3.63) is 54.1 Å². The molecule has 1 atom stereocenters. The fourth-order valence-corrected chi connectivity index (χ4v) is 2.74. The minimum Gasteiger partial charge on any atom is -0.493 e. The monoisotopic (exact) mass is 365 g/mol. The molecule has 0 saturated carbocycles. The number of nitrogens with two attached hydrogens (primary N) is 1. The second kappa shape index (κ2) is 7.55. The van der Waals surface area contributed by atoms with Gasteiger partial charge >= 0.3 is 6.36 Å². The fraction of sp³-hybridized carbons (Fsp3) is 0.278. The number of aliphatic imine (C=N–C) groups is 1. The van der Waals surface area contributed by atoms with Gasteiger partial charge in [-0.15, -0.1) is 13.2 Å². The number of alkyl halides is 3. The molecule has 1 heterocycles. The first kappa shape index (κ1) is 17.9. The van der Waals surface area contributed by atoms with Crippen molar-refractivity contribution >= 4 is 11.6 Å². The number of ether oxygens (including phenoxy) is 2. The standard InChI is InChI=1S/C18H18F3N3O2/c19-18(20,21)26-14-7-5-13(6-8-14)24-17(22)23-11-12-9-10-25-16-4-2-1-3-15(12)16/h1-8,12H,9-11H2,(H3,22,23,24). The van der Waals surface area contributed by atoms with E-state index in [1.807, 2.05) is 24.3 Å². The number of rotatable bonds is 4. The Kier molecular flexibility index (Phi) is 5.20. The minimum absolute atomic E-state index is 0.193. The highest BCUT2D eigenvalue weighted by molar-refractivity contribution is 5.92. The van der Waals surface area contributed by atoms with Crippen LogP contribution in [0, 0.1) is 0 Å². The third-order valence-corrected chi connectivity index (χ3v) is 3.93. The number of para-hydroxylation sites is 1. The molecule has 0 amide bonds. The molecule has 1 aliphatic heterocycles. The Morgan fingerprint density at radius 1 is 1.19 bits per heavy atom. The van der Waals surface area contributed by atoms with Crippen molar-refractivity contribution in [2.75, 3.05) is 18.5 Å². The van der Waals surface area contributed by atoms with E-state index in [2.05, 4.69) is 15.0 Å². The highest BCUT2D eigenvalue weighted by atomic mass is 19.4. The number of guanidine groups is 1. The molecule has 0 bridgehead atoms. The number of nitrogens with one attached hydrogen (secondary N) is 1. The molecule has 3 N–H and O–H groups in total. The Morgan fingerprint density at radius 2 is 1.92 bits per heavy atom. The lowest BCUT2D eigenvalue weighted by molar-refractivity contribution is -0.274. The first-order valence-corrected chi connectivity index (χ1v) is 8.05. The van der Waals surface area contributed by atoms with Crippen LogP contribution >= 0.6 is 0 Å². The van der Waals surface area contributed by atoms with E-state index < -0.39 is 6.36 Å². The van der Waals surface area contributed by atoms with Crippen LogP contribution in [0.2, 0.25) is 0 Å². The van der Waals surface area contributed by atoms with Gasteiger partial charge in [-0.3, -0.25) is 4.99 Å². The summed E-state index contributed by atoms with van der Waals surface area (Å²) in [5.74, 6) is 0.976. The Hall–Kier alpha value is -2.90. The molecule has 0 saturated heterocycles. The van der Waals surface area contributed by atoms with Gasteiger partial charge in [0.25, 0.3) is 0 Å². The molecule has 5 nitrogen and oxygen atoms in total. The SMILES string of the molecule is NC(=NCC1CCOc2ccccc21)Nc1ccc(OC(F)(F)F)cc1. The Bertz CT molecular complexity index is 776. The van der Waals surface area contributed by atoms with Crippen LogP contribution in [0.1, 0.15) is 17.9 Å². The fourth-order valence-electron chi connectivity index (χ4n) is 2.74. The third-order valence-electron chi connectivity index (χ3n) is 3.93. The molecule has 1 aliphatic rings. The van der Waals surface area contributed by atoms with Crippen molar-refractivity contribution in [1.29, 1.82) is 0 Å². The molecule has 2 aromatic rings. The van der Waals surface area contributed by atoms with Gasteiger partial charge in [0.1, 0.15) is 11.5 Å². The molecule has 0 spiro atoms. The van der Waals surface area contributed by atoms with Crippen LogP contribution in [-0.4, -0.2) is 25.5 Å². The number of benzene rings is 2. The summed E-state index contributed by atoms with van der Waals surface area (Å²) in [7, 11) is 0. The topological polar surface area (TPSA) is 68.9 Å².